The second kappa shape index (κ2) is 7.91. The maximum atomic E-state index is 12.3. The second-order valence-electron chi connectivity index (χ2n) is 4.99. The van der Waals surface area contributed by atoms with E-state index in [2.05, 4.69) is 10.6 Å². The van der Waals surface area contributed by atoms with Gasteiger partial charge in [0, 0.05) is 24.4 Å². The Morgan fingerprint density at radius 3 is 2.56 bits per heavy atom. The van der Waals surface area contributed by atoms with Crippen molar-refractivity contribution in [2.24, 2.45) is 0 Å². The summed E-state index contributed by atoms with van der Waals surface area (Å²) < 4.78 is 4.91. The monoisotopic (exact) mass is 343 g/mol. The fourth-order valence-electron chi connectivity index (χ4n) is 2.18. The summed E-state index contributed by atoms with van der Waals surface area (Å²) in [5.41, 5.74) is 0.931. The van der Waals surface area contributed by atoms with Crippen molar-refractivity contribution in [1.29, 1.82) is 0 Å². The van der Waals surface area contributed by atoms with Crippen LogP contribution in [-0.4, -0.2) is 30.5 Å². The van der Waals surface area contributed by atoms with Crippen LogP contribution in [-0.2, 0) is 4.74 Å². The molecule has 0 bridgehead atoms. The first kappa shape index (κ1) is 17.9. The van der Waals surface area contributed by atoms with E-state index in [1.54, 1.807) is 32.2 Å². The van der Waals surface area contributed by atoms with Crippen molar-refractivity contribution in [3.05, 3.63) is 63.7 Å². The van der Waals surface area contributed by atoms with Gasteiger partial charge in [-0.1, -0.05) is 6.07 Å². The summed E-state index contributed by atoms with van der Waals surface area (Å²) in [4.78, 5) is 34.6. The normalized spacial score (nSPS) is 10.0. The van der Waals surface area contributed by atoms with Gasteiger partial charge in [-0.15, -0.1) is 0 Å². The highest BCUT2D eigenvalue weighted by Gasteiger charge is 2.17. The standard InChI is InChI=1S/C17H17N3O5/c1-3-25-17(22)12-5-4-6-13(9-12)19-16(21)11-7-8-14(18-2)15(10-11)20(23)24/h4-10,18H,3H2,1-2H3,(H,19,21). The lowest BCUT2D eigenvalue weighted by molar-refractivity contribution is -0.384. The number of nitrogens with zero attached hydrogens (tertiary/aromatic N) is 1. The summed E-state index contributed by atoms with van der Waals surface area (Å²) in [6, 6.07) is 10.4. The van der Waals surface area contributed by atoms with Gasteiger partial charge in [-0.25, -0.2) is 4.79 Å². The quantitative estimate of drug-likeness (QED) is 0.474. The van der Waals surface area contributed by atoms with E-state index < -0.39 is 16.8 Å². The zero-order valence-corrected chi connectivity index (χ0v) is 13.7. The lowest BCUT2D eigenvalue weighted by atomic mass is 10.1. The first-order valence-electron chi connectivity index (χ1n) is 7.51. The summed E-state index contributed by atoms with van der Waals surface area (Å²) in [5, 5.41) is 16.4. The van der Waals surface area contributed by atoms with Gasteiger partial charge in [-0.2, -0.15) is 0 Å². The van der Waals surface area contributed by atoms with Gasteiger partial charge in [0.25, 0.3) is 11.6 Å². The fraction of sp³-hybridized carbons (Fsp3) is 0.176. The number of carbonyl (C=O) groups excluding carboxylic acids is 2. The molecule has 130 valence electrons. The van der Waals surface area contributed by atoms with Crippen LogP contribution in [0.25, 0.3) is 0 Å². The molecule has 8 heteroatoms. The highest BCUT2D eigenvalue weighted by Crippen LogP contribution is 2.25. The molecular weight excluding hydrogens is 326 g/mol. The van der Waals surface area contributed by atoms with Crippen molar-refractivity contribution in [2.45, 2.75) is 6.92 Å². The number of benzene rings is 2. The number of nitrogens with one attached hydrogen (secondary N) is 2. The Morgan fingerprint density at radius 2 is 1.92 bits per heavy atom. The fourth-order valence-corrected chi connectivity index (χ4v) is 2.18. The van der Waals surface area contributed by atoms with Gasteiger partial charge in [0.1, 0.15) is 5.69 Å². The zero-order chi connectivity index (χ0) is 18.4. The Labute approximate surface area is 144 Å². The summed E-state index contributed by atoms with van der Waals surface area (Å²) in [6.45, 7) is 1.95. The van der Waals surface area contributed by atoms with Gasteiger partial charge in [0.15, 0.2) is 0 Å². The molecule has 2 N–H and O–H groups in total. The number of anilines is 2. The highest BCUT2D eigenvalue weighted by atomic mass is 16.6. The minimum Gasteiger partial charge on any atom is -0.462 e. The third-order valence-corrected chi connectivity index (χ3v) is 3.36. The molecule has 0 saturated heterocycles. The molecule has 0 unspecified atom stereocenters. The molecule has 0 spiro atoms. The van der Waals surface area contributed by atoms with Crippen LogP contribution in [0.4, 0.5) is 17.1 Å². The van der Waals surface area contributed by atoms with Crippen LogP contribution in [0.2, 0.25) is 0 Å². The first-order valence-corrected chi connectivity index (χ1v) is 7.51. The Morgan fingerprint density at radius 1 is 1.16 bits per heavy atom. The average Bonchev–Trinajstić information content (AvgIpc) is 2.61. The van der Waals surface area contributed by atoms with Crippen LogP contribution in [0.5, 0.6) is 0 Å². The van der Waals surface area contributed by atoms with Gasteiger partial charge in [-0.05, 0) is 37.3 Å². The molecule has 25 heavy (non-hydrogen) atoms. The molecule has 0 aliphatic rings. The number of esters is 1. The molecule has 8 nitrogen and oxygen atoms in total. The second-order valence-corrected chi connectivity index (χ2v) is 4.99. The number of carbonyl (C=O) groups is 2. The number of amides is 1. The summed E-state index contributed by atoms with van der Waals surface area (Å²) in [6.07, 6.45) is 0. The van der Waals surface area contributed by atoms with Crippen LogP contribution >= 0.6 is 0 Å². The lowest BCUT2D eigenvalue weighted by Crippen LogP contribution is -2.13. The topological polar surface area (TPSA) is 111 Å². The Kier molecular flexibility index (Phi) is 5.67. The van der Waals surface area contributed by atoms with E-state index >= 15 is 0 Å². The van der Waals surface area contributed by atoms with Crippen LogP contribution in [0.3, 0.4) is 0 Å². The third kappa shape index (κ3) is 4.31. The number of ether oxygens (including phenoxy) is 1. The van der Waals surface area contributed by atoms with E-state index in [1.165, 1.54) is 24.3 Å². The van der Waals surface area contributed by atoms with Crippen molar-refractivity contribution in [3.63, 3.8) is 0 Å². The van der Waals surface area contributed by atoms with Crippen molar-refractivity contribution < 1.29 is 19.2 Å². The predicted molar refractivity (Wildman–Crippen MR) is 93.0 cm³/mol. The molecule has 0 aliphatic heterocycles. The summed E-state index contributed by atoms with van der Waals surface area (Å²) in [7, 11) is 1.56. The number of hydrogen-bond donors (Lipinski definition) is 2. The van der Waals surface area contributed by atoms with Crippen molar-refractivity contribution in [2.75, 3.05) is 24.3 Å². The van der Waals surface area contributed by atoms with Gasteiger partial charge < -0.3 is 15.4 Å². The minimum absolute atomic E-state index is 0.132. The van der Waals surface area contributed by atoms with E-state index in [9.17, 15) is 19.7 Å². The van der Waals surface area contributed by atoms with Crippen molar-refractivity contribution >= 4 is 28.9 Å². The van der Waals surface area contributed by atoms with Crippen LogP contribution in [0.15, 0.2) is 42.5 Å². The predicted octanol–water partition coefficient (Wildman–Crippen LogP) is 3.07. The number of rotatable bonds is 6. The maximum absolute atomic E-state index is 12.3. The Bertz CT molecular complexity index is 820. The minimum atomic E-state index is -0.565. The van der Waals surface area contributed by atoms with Crippen LogP contribution in [0.1, 0.15) is 27.6 Å². The van der Waals surface area contributed by atoms with E-state index in [-0.39, 0.29) is 17.9 Å². The smallest absolute Gasteiger partial charge is 0.338 e. The molecule has 0 atom stereocenters. The average molecular weight is 343 g/mol. The highest BCUT2D eigenvalue weighted by molar-refractivity contribution is 6.05. The van der Waals surface area contributed by atoms with E-state index in [0.717, 1.165) is 0 Å². The van der Waals surface area contributed by atoms with Gasteiger partial charge >= 0.3 is 5.97 Å². The molecule has 0 saturated carbocycles. The molecule has 2 aromatic rings. The Hall–Kier alpha value is -3.42. The number of hydrogen-bond acceptors (Lipinski definition) is 6. The zero-order valence-electron chi connectivity index (χ0n) is 13.7. The molecule has 2 aromatic carbocycles. The Balaban J connectivity index is 2.22. The van der Waals surface area contributed by atoms with Gasteiger partial charge in [0.2, 0.25) is 0 Å². The maximum Gasteiger partial charge on any atom is 0.338 e. The van der Waals surface area contributed by atoms with E-state index in [0.29, 0.717) is 16.9 Å². The molecular formula is C17H17N3O5. The molecule has 0 fully saturated rings. The lowest BCUT2D eigenvalue weighted by Gasteiger charge is -2.08. The number of nitro benzene ring substituents is 1. The number of nitro groups is 1. The van der Waals surface area contributed by atoms with E-state index in [4.69, 9.17) is 4.74 Å². The summed E-state index contributed by atoms with van der Waals surface area (Å²) >= 11 is 0. The first-order chi connectivity index (χ1) is 12.0. The van der Waals surface area contributed by atoms with Crippen molar-refractivity contribution in [1.82, 2.24) is 0 Å². The van der Waals surface area contributed by atoms with E-state index in [1.807, 2.05) is 0 Å². The molecule has 0 aliphatic carbocycles. The third-order valence-electron chi connectivity index (χ3n) is 3.36. The molecule has 1 amide bonds. The SMILES string of the molecule is CCOC(=O)c1cccc(NC(=O)c2ccc(NC)c([N+](=O)[O-])c2)c1. The molecule has 0 radical (unpaired) electrons. The van der Waals surface area contributed by atoms with Gasteiger partial charge in [-0.3, -0.25) is 14.9 Å². The largest absolute Gasteiger partial charge is 0.462 e. The van der Waals surface area contributed by atoms with Crippen LogP contribution < -0.4 is 10.6 Å². The summed E-state index contributed by atoms with van der Waals surface area (Å²) in [5.74, 6) is -1.01. The molecule has 0 heterocycles. The molecule has 2 rings (SSSR count). The molecule has 0 aromatic heterocycles. The van der Waals surface area contributed by atoms with Crippen LogP contribution in [0, 0.1) is 10.1 Å². The van der Waals surface area contributed by atoms with Gasteiger partial charge in [0.05, 0.1) is 17.1 Å². The van der Waals surface area contributed by atoms with Crippen molar-refractivity contribution in [3.8, 4) is 0 Å².